The Morgan fingerprint density at radius 2 is 1.95 bits per heavy atom. The summed E-state index contributed by atoms with van der Waals surface area (Å²) in [6, 6.07) is 15.5. The number of carboxylic acids is 1. The highest BCUT2D eigenvalue weighted by atomic mass is 16.5. The fourth-order valence-corrected chi connectivity index (χ4v) is 2.29. The summed E-state index contributed by atoms with van der Waals surface area (Å²) in [5.41, 5.74) is 2.68. The zero-order chi connectivity index (χ0) is 14.7. The minimum Gasteiger partial charge on any atom is -0.550 e. The summed E-state index contributed by atoms with van der Waals surface area (Å²) < 4.78 is 5.75. The van der Waals surface area contributed by atoms with Gasteiger partial charge in [0.2, 0.25) is 0 Å². The fraction of sp³-hybridized carbons (Fsp3) is 0.118. The summed E-state index contributed by atoms with van der Waals surface area (Å²) >= 11 is 0. The van der Waals surface area contributed by atoms with Crippen LogP contribution in [-0.2, 0) is 17.8 Å². The molecule has 0 aliphatic rings. The maximum Gasteiger partial charge on any atom is 0.120 e. The van der Waals surface area contributed by atoms with E-state index in [4.69, 9.17) is 4.74 Å². The third-order valence-electron chi connectivity index (χ3n) is 3.32. The molecule has 0 saturated carbocycles. The Bertz CT molecular complexity index is 762. The van der Waals surface area contributed by atoms with E-state index in [0.717, 1.165) is 16.5 Å². The van der Waals surface area contributed by atoms with Gasteiger partial charge in [-0.3, -0.25) is 0 Å². The number of nitrogens with one attached hydrogen (secondary N) is 1. The number of aromatic nitrogens is 1. The molecular formula is C17H14NO3-. The summed E-state index contributed by atoms with van der Waals surface area (Å²) in [4.78, 5) is 13.8. The molecule has 0 atom stereocenters. The Balaban J connectivity index is 1.81. The number of fused-ring (bicyclic) bond motifs is 1. The number of H-pyrrole nitrogens is 1. The van der Waals surface area contributed by atoms with Crippen molar-refractivity contribution in [2.24, 2.45) is 0 Å². The zero-order valence-corrected chi connectivity index (χ0v) is 11.3. The van der Waals surface area contributed by atoms with Gasteiger partial charge in [-0.2, -0.15) is 0 Å². The van der Waals surface area contributed by atoms with Gasteiger partial charge in [0.15, 0.2) is 0 Å². The molecule has 2 aromatic carbocycles. The molecule has 0 radical (unpaired) electrons. The first-order valence-electron chi connectivity index (χ1n) is 6.69. The zero-order valence-electron chi connectivity index (χ0n) is 11.3. The van der Waals surface area contributed by atoms with Crippen LogP contribution >= 0.6 is 0 Å². The Morgan fingerprint density at radius 3 is 2.71 bits per heavy atom. The van der Waals surface area contributed by atoms with Gasteiger partial charge in [-0.05, 0) is 29.3 Å². The number of aromatic amines is 1. The standard InChI is InChI=1S/C17H15NO3/c19-17(20)8-13-10-18-16-7-6-14(9-15(13)16)21-11-12-4-2-1-3-5-12/h1-7,9-10,18H,8,11H2,(H,19,20)/p-1. The van der Waals surface area contributed by atoms with Crippen LogP contribution in [0.1, 0.15) is 11.1 Å². The van der Waals surface area contributed by atoms with E-state index < -0.39 is 5.97 Å². The van der Waals surface area contributed by atoms with E-state index >= 15 is 0 Å². The predicted octanol–water partition coefficient (Wildman–Crippen LogP) is 2.04. The molecule has 0 spiro atoms. The average molecular weight is 280 g/mol. The summed E-state index contributed by atoms with van der Waals surface area (Å²) in [5.74, 6) is -0.378. The summed E-state index contributed by atoms with van der Waals surface area (Å²) in [6.07, 6.45) is 1.59. The van der Waals surface area contributed by atoms with Gasteiger partial charge in [0.1, 0.15) is 12.4 Å². The molecule has 3 aromatic rings. The Kier molecular flexibility index (Phi) is 3.60. The lowest BCUT2D eigenvalue weighted by atomic mass is 10.1. The minimum absolute atomic E-state index is 0.109. The Hall–Kier alpha value is -2.75. The van der Waals surface area contributed by atoms with Gasteiger partial charge in [-0.1, -0.05) is 30.3 Å². The van der Waals surface area contributed by atoms with Crippen molar-refractivity contribution in [2.75, 3.05) is 0 Å². The van der Waals surface area contributed by atoms with Crippen molar-refractivity contribution < 1.29 is 14.6 Å². The second-order valence-electron chi connectivity index (χ2n) is 4.84. The van der Waals surface area contributed by atoms with Crippen LogP contribution in [0.5, 0.6) is 5.75 Å². The first kappa shape index (κ1) is 13.2. The highest BCUT2D eigenvalue weighted by Crippen LogP contribution is 2.24. The van der Waals surface area contributed by atoms with Gasteiger partial charge >= 0.3 is 0 Å². The average Bonchev–Trinajstić information content (AvgIpc) is 2.88. The molecule has 0 aliphatic heterocycles. The summed E-state index contributed by atoms with van der Waals surface area (Å²) in [5, 5.41) is 11.6. The van der Waals surface area contributed by atoms with E-state index in [1.54, 1.807) is 6.20 Å². The molecule has 0 bridgehead atoms. The van der Waals surface area contributed by atoms with E-state index in [1.165, 1.54) is 0 Å². The molecule has 0 saturated heterocycles. The van der Waals surface area contributed by atoms with Gasteiger partial charge in [0.25, 0.3) is 0 Å². The molecule has 0 fully saturated rings. The molecule has 106 valence electrons. The summed E-state index contributed by atoms with van der Waals surface area (Å²) in [7, 11) is 0. The Morgan fingerprint density at radius 1 is 1.14 bits per heavy atom. The molecule has 0 unspecified atom stereocenters. The van der Waals surface area contributed by atoms with Crippen LogP contribution in [0.3, 0.4) is 0 Å². The first-order valence-corrected chi connectivity index (χ1v) is 6.69. The van der Waals surface area contributed by atoms with Crippen molar-refractivity contribution in [3.63, 3.8) is 0 Å². The van der Waals surface area contributed by atoms with Crippen LogP contribution < -0.4 is 9.84 Å². The lowest BCUT2D eigenvalue weighted by molar-refractivity contribution is -0.304. The minimum atomic E-state index is -1.09. The smallest absolute Gasteiger partial charge is 0.120 e. The molecule has 0 aliphatic carbocycles. The van der Waals surface area contributed by atoms with Crippen LogP contribution in [0.25, 0.3) is 10.9 Å². The number of aliphatic carboxylic acids is 1. The third-order valence-corrected chi connectivity index (χ3v) is 3.32. The molecule has 4 nitrogen and oxygen atoms in total. The number of hydrogen-bond donors (Lipinski definition) is 1. The van der Waals surface area contributed by atoms with E-state index in [1.807, 2.05) is 48.5 Å². The topological polar surface area (TPSA) is 65.1 Å². The monoisotopic (exact) mass is 280 g/mol. The van der Waals surface area contributed by atoms with Crippen molar-refractivity contribution in [3.05, 3.63) is 65.9 Å². The molecule has 1 heterocycles. The number of rotatable bonds is 5. The van der Waals surface area contributed by atoms with Gasteiger partial charge in [-0.25, -0.2) is 0 Å². The van der Waals surface area contributed by atoms with E-state index in [9.17, 15) is 9.90 Å². The van der Waals surface area contributed by atoms with E-state index in [0.29, 0.717) is 17.9 Å². The van der Waals surface area contributed by atoms with Crippen LogP contribution in [0.2, 0.25) is 0 Å². The molecule has 3 rings (SSSR count). The van der Waals surface area contributed by atoms with Crippen molar-refractivity contribution in [3.8, 4) is 5.75 Å². The molecule has 1 aromatic heterocycles. The number of carboxylic acid groups (broad SMARTS) is 1. The van der Waals surface area contributed by atoms with Gasteiger partial charge in [0, 0.05) is 29.5 Å². The quantitative estimate of drug-likeness (QED) is 0.777. The molecular weight excluding hydrogens is 266 g/mol. The van der Waals surface area contributed by atoms with Crippen molar-refractivity contribution in [1.82, 2.24) is 4.98 Å². The molecule has 0 amide bonds. The first-order chi connectivity index (χ1) is 10.2. The normalized spacial score (nSPS) is 10.7. The van der Waals surface area contributed by atoms with Crippen molar-refractivity contribution in [2.45, 2.75) is 13.0 Å². The fourth-order valence-electron chi connectivity index (χ4n) is 2.29. The van der Waals surface area contributed by atoms with Crippen LogP contribution in [0.15, 0.2) is 54.7 Å². The van der Waals surface area contributed by atoms with Crippen molar-refractivity contribution in [1.29, 1.82) is 0 Å². The van der Waals surface area contributed by atoms with Gasteiger partial charge in [0.05, 0.1) is 0 Å². The predicted molar refractivity (Wildman–Crippen MR) is 77.8 cm³/mol. The lowest BCUT2D eigenvalue weighted by Gasteiger charge is -2.07. The van der Waals surface area contributed by atoms with Crippen molar-refractivity contribution >= 4 is 16.9 Å². The third kappa shape index (κ3) is 3.05. The van der Waals surface area contributed by atoms with Gasteiger partial charge in [-0.15, -0.1) is 0 Å². The summed E-state index contributed by atoms with van der Waals surface area (Å²) in [6.45, 7) is 0.479. The van der Waals surface area contributed by atoms with Crippen LogP contribution in [0.4, 0.5) is 0 Å². The number of ether oxygens (including phenoxy) is 1. The van der Waals surface area contributed by atoms with E-state index in [2.05, 4.69) is 4.98 Å². The number of carbonyl (C=O) groups excluding carboxylic acids is 1. The number of benzene rings is 2. The van der Waals surface area contributed by atoms with E-state index in [-0.39, 0.29) is 6.42 Å². The Labute approximate surface area is 122 Å². The second kappa shape index (κ2) is 5.71. The number of carbonyl (C=O) groups is 1. The molecule has 4 heteroatoms. The highest BCUT2D eigenvalue weighted by molar-refractivity contribution is 5.87. The molecule has 1 N–H and O–H groups in total. The maximum absolute atomic E-state index is 10.7. The molecule has 21 heavy (non-hydrogen) atoms. The largest absolute Gasteiger partial charge is 0.550 e. The van der Waals surface area contributed by atoms with Crippen LogP contribution in [0, 0.1) is 0 Å². The van der Waals surface area contributed by atoms with Crippen LogP contribution in [-0.4, -0.2) is 11.0 Å². The maximum atomic E-state index is 10.7. The lowest BCUT2D eigenvalue weighted by Crippen LogP contribution is -2.24. The highest BCUT2D eigenvalue weighted by Gasteiger charge is 2.06. The van der Waals surface area contributed by atoms with Gasteiger partial charge < -0.3 is 19.6 Å². The second-order valence-corrected chi connectivity index (χ2v) is 4.84. The number of hydrogen-bond acceptors (Lipinski definition) is 3. The SMILES string of the molecule is O=C([O-])Cc1c[nH]c2ccc(OCc3ccccc3)cc12.